The van der Waals surface area contributed by atoms with Gasteiger partial charge in [-0.05, 0) is 18.9 Å². The molecule has 78 valence electrons. The van der Waals surface area contributed by atoms with Crippen LogP contribution < -0.4 is 0 Å². The predicted octanol–water partition coefficient (Wildman–Crippen LogP) is 4.41. The van der Waals surface area contributed by atoms with E-state index in [1.165, 1.54) is 10.9 Å². The minimum Gasteiger partial charge on any atom is -0.461 e. The summed E-state index contributed by atoms with van der Waals surface area (Å²) in [6.07, 6.45) is 4.36. The van der Waals surface area contributed by atoms with Crippen LogP contribution in [0, 0.1) is 12.8 Å². The van der Waals surface area contributed by atoms with Crippen LogP contribution in [0.4, 0.5) is 0 Å². The van der Waals surface area contributed by atoms with Gasteiger partial charge < -0.3 is 4.42 Å². The zero-order chi connectivity index (χ0) is 10.8. The Kier molecular flexibility index (Phi) is 2.63. The van der Waals surface area contributed by atoms with E-state index in [4.69, 9.17) is 4.42 Å². The second-order valence-electron chi connectivity index (χ2n) is 4.17. The maximum atomic E-state index is 5.68. The summed E-state index contributed by atoms with van der Waals surface area (Å²) in [4.78, 5) is 0. The molecule has 1 nitrogen and oxygen atoms in total. The number of allylic oxidation sites excluding steroid dienone is 1. The standard InChI is InChI=1S/C14H16O/c1-10(2)8-9-12-11(3)15-14-7-5-4-6-13(12)14/h4-10H,1-3H3/b9-8-. The third-order valence-electron chi connectivity index (χ3n) is 2.47. The number of para-hydroxylation sites is 1. The summed E-state index contributed by atoms with van der Waals surface area (Å²) in [6, 6.07) is 8.16. The first-order valence-electron chi connectivity index (χ1n) is 5.35. The fraction of sp³-hybridized carbons (Fsp3) is 0.286. The number of hydrogen-bond acceptors (Lipinski definition) is 1. The van der Waals surface area contributed by atoms with Crippen molar-refractivity contribution in [2.75, 3.05) is 0 Å². The molecule has 0 saturated heterocycles. The average Bonchev–Trinajstić information content (AvgIpc) is 2.50. The molecule has 0 saturated carbocycles. The minimum absolute atomic E-state index is 0.568. The average molecular weight is 200 g/mol. The van der Waals surface area contributed by atoms with Gasteiger partial charge in [-0.25, -0.2) is 0 Å². The van der Waals surface area contributed by atoms with Crippen LogP contribution in [0.5, 0.6) is 0 Å². The Morgan fingerprint density at radius 3 is 2.67 bits per heavy atom. The smallest absolute Gasteiger partial charge is 0.134 e. The summed E-state index contributed by atoms with van der Waals surface area (Å²) in [5.74, 6) is 1.56. The van der Waals surface area contributed by atoms with Crippen molar-refractivity contribution in [3.63, 3.8) is 0 Å². The molecule has 0 aliphatic heterocycles. The van der Waals surface area contributed by atoms with E-state index in [-0.39, 0.29) is 0 Å². The lowest BCUT2D eigenvalue weighted by atomic mass is 10.1. The van der Waals surface area contributed by atoms with Gasteiger partial charge in [0, 0.05) is 10.9 Å². The molecule has 0 bridgehead atoms. The van der Waals surface area contributed by atoms with E-state index < -0.39 is 0 Å². The molecule has 0 amide bonds. The number of aryl methyl sites for hydroxylation is 1. The number of fused-ring (bicyclic) bond motifs is 1. The predicted molar refractivity (Wildman–Crippen MR) is 64.8 cm³/mol. The van der Waals surface area contributed by atoms with E-state index >= 15 is 0 Å². The highest BCUT2D eigenvalue weighted by molar-refractivity contribution is 5.88. The van der Waals surface area contributed by atoms with E-state index in [2.05, 4.69) is 32.1 Å². The molecule has 1 heterocycles. The Labute approximate surface area is 90.4 Å². The largest absolute Gasteiger partial charge is 0.461 e. The van der Waals surface area contributed by atoms with Gasteiger partial charge in [-0.15, -0.1) is 0 Å². The lowest BCUT2D eigenvalue weighted by Crippen LogP contribution is -1.78. The molecule has 1 aromatic heterocycles. The van der Waals surface area contributed by atoms with Crippen LogP contribution in [0.15, 0.2) is 34.8 Å². The SMILES string of the molecule is Cc1oc2ccccc2c1/C=C\C(C)C. The van der Waals surface area contributed by atoms with Crippen molar-refractivity contribution in [2.24, 2.45) is 5.92 Å². The van der Waals surface area contributed by atoms with E-state index in [0.717, 1.165) is 11.3 Å². The molecule has 2 aromatic rings. The number of furan rings is 1. The lowest BCUT2D eigenvalue weighted by Gasteiger charge is -1.94. The second-order valence-corrected chi connectivity index (χ2v) is 4.17. The molecule has 0 spiro atoms. The Morgan fingerprint density at radius 2 is 1.93 bits per heavy atom. The van der Waals surface area contributed by atoms with Gasteiger partial charge in [0.1, 0.15) is 11.3 Å². The van der Waals surface area contributed by atoms with Gasteiger partial charge in [0.25, 0.3) is 0 Å². The van der Waals surface area contributed by atoms with Gasteiger partial charge in [-0.3, -0.25) is 0 Å². The van der Waals surface area contributed by atoms with Crippen LogP contribution in [-0.2, 0) is 0 Å². The highest BCUT2D eigenvalue weighted by Crippen LogP contribution is 2.26. The fourth-order valence-electron chi connectivity index (χ4n) is 1.68. The molecule has 0 N–H and O–H groups in total. The molecule has 0 atom stereocenters. The summed E-state index contributed by atoms with van der Waals surface area (Å²) >= 11 is 0. The van der Waals surface area contributed by atoms with Crippen LogP contribution in [0.1, 0.15) is 25.2 Å². The van der Waals surface area contributed by atoms with Crippen molar-refractivity contribution < 1.29 is 4.42 Å². The van der Waals surface area contributed by atoms with Crippen LogP contribution >= 0.6 is 0 Å². The summed E-state index contributed by atoms with van der Waals surface area (Å²) in [6.45, 7) is 6.36. The van der Waals surface area contributed by atoms with Crippen molar-refractivity contribution in [1.29, 1.82) is 0 Å². The Morgan fingerprint density at radius 1 is 1.20 bits per heavy atom. The molecule has 0 aliphatic carbocycles. The molecule has 0 aliphatic rings. The highest BCUT2D eigenvalue weighted by atomic mass is 16.3. The van der Waals surface area contributed by atoms with Crippen LogP contribution in [-0.4, -0.2) is 0 Å². The zero-order valence-electron chi connectivity index (χ0n) is 9.45. The van der Waals surface area contributed by atoms with Crippen molar-refractivity contribution >= 4 is 17.0 Å². The van der Waals surface area contributed by atoms with Crippen LogP contribution in [0.2, 0.25) is 0 Å². The number of hydrogen-bond donors (Lipinski definition) is 0. The van der Waals surface area contributed by atoms with Crippen molar-refractivity contribution in [3.05, 3.63) is 41.7 Å². The van der Waals surface area contributed by atoms with E-state index in [1.807, 2.05) is 25.1 Å². The number of benzene rings is 1. The summed E-state index contributed by atoms with van der Waals surface area (Å²) < 4.78 is 5.68. The van der Waals surface area contributed by atoms with Crippen molar-refractivity contribution in [3.8, 4) is 0 Å². The van der Waals surface area contributed by atoms with Crippen molar-refractivity contribution in [1.82, 2.24) is 0 Å². The first-order valence-corrected chi connectivity index (χ1v) is 5.35. The Balaban J connectivity index is 2.54. The molecule has 0 fully saturated rings. The highest BCUT2D eigenvalue weighted by Gasteiger charge is 2.06. The summed E-state index contributed by atoms with van der Waals surface area (Å²) in [5, 5.41) is 1.20. The maximum absolute atomic E-state index is 5.68. The van der Waals surface area contributed by atoms with Gasteiger partial charge >= 0.3 is 0 Å². The molecule has 0 unspecified atom stereocenters. The van der Waals surface area contributed by atoms with Crippen molar-refractivity contribution in [2.45, 2.75) is 20.8 Å². The molecule has 15 heavy (non-hydrogen) atoms. The molecule has 2 rings (SSSR count). The van der Waals surface area contributed by atoms with Crippen LogP contribution in [0.25, 0.3) is 17.0 Å². The van der Waals surface area contributed by atoms with Gasteiger partial charge in [-0.1, -0.05) is 44.2 Å². The third kappa shape index (κ3) is 1.96. The van der Waals surface area contributed by atoms with Gasteiger partial charge in [-0.2, -0.15) is 0 Å². The van der Waals surface area contributed by atoms with Gasteiger partial charge in [0.05, 0.1) is 0 Å². The van der Waals surface area contributed by atoms with E-state index in [1.54, 1.807) is 0 Å². The maximum Gasteiger partial charge on any atom is 0.134 e. The molecular weight excluding hydrogens is 184 g/mol. The van der Waals surface area contributed by atoms with Gasteiger partial charge in [0.15, 0.2) is 0 Å². The molecule has 1 heteroatoms. The fourth-order valence-corrected chi connectivity index (χ4v) is 1.68. The Hall–Kier alpha value is -1.50. The molecule has 0 radical (unpaired) electrons. The summed E-state index contributed by atoms with van der Waals surface area (Å²) in [5.41, 5.74) is 2.18. The topological polar surface area (TPSA) is 13.1 Å². The van der Waals surface area contributed by atoms with Crippen LogP contribution in [0.3, 0.4) is 0 Å². The van der Waals surface area contributed by atoms with E-state index in [9.17, 15) is 0 Å². The Bertz CT molecular complexity index is 489. The minimum atomic E-state index is 0.568. The first kappa shape index (κ1) is 10.0. The monoisotopic (exact) mass is 200 g/mol. The van der Waals surface area contributed by atoms with Gasteiger partial charge in [0.2, 0.25) is 0 Å². The lowest BCUT2D eigenvalue weighted by molar-refractivity contribution is 0.577. The third-order valence-corrected chi connectivity index (χ3v) is 2.47. The van der Waals surface area contributed by atoms with E-state index in [0.29, 0.717) is 5.92 Å². The quantitative estimate of drug-likeness (QED) is 0.699. The molecular formula is C14H16O. The molecule has 1 aromatic carbocycles. The first-order chi connectivity index (χ1) is 7.18. The zero-order valence-corrected chi connectivity index (χ0v) is 9.45. The summed E-state index contributed by atoms with van der Waals surface area (Å²) in [7, 11) is 0. The number of rotatable bonds is 2. The second kappa shape index (κ2) is 3.93. The normalized spacial score (nSPS) is 12.0.